The molecule has 0 aliphatic carbocycles. The predicted molar refractivity (Wildman–Crippen MR) is 90.1 cm³/mol. The highest BCUT2D eigenvalue weighted by Gasteiger charge is 2.15. The highest BCUT2D eigenvalue weighted by Crippen LogP contribution is 2.13. The van der Waals surface area contributed by atoms with Crippen LogP contribution in [-0.2, 0) is 24.9 Å². The van der Waals surface area contributed by atoms with Crippen LogP contribution in [0.3, 0.4) is 0 Å². The van der Waals surface area contributed by atoms with Crippen molar-refractivity contribution in [1.82, 2.24) is 15.1 Å². The van der Waals surface area contributed by atoms with Crippen LogP contribution in [-0.4, -0.2) is 21.5 Å². The smallest absolute Gasteiger partial charge is 0.412 e. The van der Waals surface area contributed by atoms with E-state index in [9.17, 15) is 4.79 Å². The van der Waals surface area contributed by atoms with E-state index in [1.54, 1.807) is 6.20 Å². The van der Waals surface area contributed by atoms with E-state index in [4.69, 9.17) is 4.74 Å². The fraction of sp³-hybridized carbons (Fsp3) is 0.412. The fourth-order valence-corrected chi connectivity index (χ4v) is 2.04. The molecule has 0 fully saturated rings. The van der Waals surface area contributed by atoms with Crippen molar-refractivity contribution in [3.05, 3.63) is 47.8 Å². The Morgan fingerprint density at radius 2 is 1.87 bits per heavy atom. The van der Waals surface area contributed by atoms with Gasteiger partial charge in [0.05, 0.1) is 5.69 Å². The summed E-state index contributed by atoms with van der Waals surface area (Å²) in [5, 5.41) is 10.2. The normalized spacial score (nSPS) is 11.3. The SMILES string of the molecule is Cn1nccc1CNCc1ccc(NC(=O)OC(C)(C)C)cc1. The zero-order chi connectivity index (χ0) is 16.9. The van der Waals surface area contributed by atoms with Gasteiger partial charge in [-0.15, -0.1) is 0 Å². The summed E-state index contributed by atoms with van der Waals surface area (Å²) < 4.78 is 7.07. The van der Waals surface area contributed by atoms with E-state index >= 15 is 0 Å². The van der Waals surface area contributed by atoms with Gasteiger partial charge in [0.25, 0.3) is 0 Å². The Kier molecular flexibility index (Phi) is 5.39. The molecule has 2 N–H and O–H groups in total. The molecule has 0 aliphatic heterocycles. The van der Waals surface area contributed by atoms with Gasteiger partial charge in [-0.25, -0.2) is 4.79 Å². The number of carbonyl (C=O) groups is 1. The van der Waals surface area contributed by atoms with Gasteiger partial charge in [0.2, 0.25) is 0 Å². The summed E-state index contributed by atoms with van der Waals surface area (Å²) in [6, 6.07) is 9.67. The molecular weight excluding hydrogens is 292 g/mol. The van der Waals surface area contributed by atoms with Crippen molar-refractivity contribution < 1.29 is 9.53 Å². The van der Waals surface area contributed by atoms with Crippen LogP contribution in [0.5, 0.6) is 0 Å². The molecule has 6 nitrogen and oxygen atoms in total. The van der Waals surface area contributed by atoms with Crippen LogP contribution in [0.25, 0.3) is 0 Å². The lowest BCUT2D eigenvalue weighted by Gasteiger charge is -2.19. The van der Waals surface area contributed by atoms with Crippen LogP contribution < -0.4 is 10.6 Å². The number of hydrogen-bond acceptors (Lipinski definition) is 4. The Balaban J connectivity index is 1.80. The number of nitrogens with zero attached hydrogens (tertiary/aromatic N) is 2. The molecular formula is C17H24N4O2. The zero-order valence-corrected chi connectivity index (χ0v) is 14.1. The molecule has 0 radical (unpaired) electrons. The molecule has 1 aromatic heterocycles. The van der Waals surface area contributed by atoms with Crippen LogP contribution in [0.15, 0.2) is 36.5 Å². The van der Waals surface area contributed by atoms with Gasteiger partial charge in [0.15, 0.2) is 0 Å². The number of nitrogens with one attached hydrogen (secondary N) is 2. The summed E-state index contributed by atoms with van der Waals surface area (Å²) in [5.41, 5.74) is 2.49. The van der Waals surface area contributed by atoms with Gasteiger partial charge in [0.1, 0.15) is 5.60 Å². The molecule has 0 aliphatic rings. The lowest BCUT2D eigenvalue weighted by atomic mass is 10.2. The molecule has 6 heteroatoms. The lowest BCUT2D eigenvalue weighted by molar-refractivity contribution is 0.0636. The van der Waals surface area contributed by atoms with E-state index in [0.717, 1.165) is 30.0 Å². The van der Waals surface area contributed by atoms with Gasteiger partial charge in [-0.3, -0.25) is 10.00 Å². The summed E-state index contributed by atoms with van der Waals surface area (Å²) in [6.07, 6.45) is 1.34. The van der Waals surface area contributed by atoms with E-state index in [2.05, 4.69) is 15.7 Å². The molecule has 0 spiro atoms. The topological polar surface area (TPSA) is 68.2 Å². The minimum atomic E-state index is -0.500. The Morgan fingerprint density at radius 1 is 1.17 bits per heavy atom. The first-order valence-electron chi connectivity index (χ1n) is 7.60. The van der Waals surface area contributed by atoms with Crippen molar-refractivity contribution in [3.63, 3.8) is 0 Å². The second kappa shape index (κ2) is 7.28. The highest BCUT2D eigenvalue weighted by molar-refractivity contribution is 5.84. The minimum absolute atomic E-state index is 0.445. The van der Waals surface area contributed by atoms with Crippen LogP contribution >= 0.6 is 0 Å². The van der Waals surface area contributed by atoms with E-state index in [1.165, 1.54) is 0 Å². The summed E-state index contributed by atoms with van der Waals surface area (Å²) in [6.45, 7) is 7.02. The predicted octanol–water partition coefficient (Wildman–Crippen LogP) is 3.06. The third kappa shape index (κ3) is 5.75. The largest absolute Gasteiger partial charge is 0.444 e. The van der Waals surface area contributed by atoms with Crippen molar-refractivity contribution >= 4 is 11.8 Å². The Labute approximate surface area is 136 Å². The van der Waals surface area contributed by atoms with Crippen molar-refractivity contribution in [2.24, 2.45) is 7.05 Å². The van der Waals surface area contributed by atoms with E-state index < -0.39 is 11.7 Å². The number of carbonyl (C=O) groups excluding carboxylic acids is 1. The van der Waals surface area contributed by atoms with Crippen LogP contribution in [0, 0.1) is 0 Å². The van der Waals surface area contributed by atoms with Crippen LogP contribution in [0.2, 0.25) is 0 Å². The van der Waals surface area contributed by atoms with Crippen LogP contribution in [0.1, 0.15) is 32.0 Å². The maximum absolute atomic E-state index is 11.7. The number of anilines is 1. The van der Waals surface area contributed by atoms with Crippen molar-refractivity contribution in [2.75, 3.05) is 5.32 Å². The van der Waals surface area contributed by atoms with E-state index in [1.807, 2.05) is 62.8 Å². The molecule has 23 heavy (non-hydrogen) atoms. The zero-order valence-electron chi connectivity index (χ0n) is 14.1. The quantitative estimate of drug-likeness (QED) is 0.889. The number of benzene rings is 1. The van der Waals surface area contributed by atoms with Crippen molar-refractivity contribution in [1.29, 1.82) is 0 Å². The van der Waals surface area contributed by atoms with Crippen LogP contribution in [0.4, 0.5) is 10.5 Å². The summed E-state index contributed by atoms with van der Waals surface area (Å²) in [5.74, 6) is 0. The second-order valence-corrected chi connectivity index (χ2v) is 6.37. The first-order valence-corrected chi connectivity index (χ1v) is 7.60. The first kappa shape index (κ1) is 17.0. The second-order valence-electron chi connectivity index (χ2n) is 6.37. The van der Waals surface area contributed by atoms with E-state index in [-0.39, 0.29) is 0 Å². The Bertz CT molecular complexity index is 641. The number of aromatic nitrogens is 2. The van der Waals surface area contributed by atoms with Gasteiger partial charge in [-0.2, -0.15) is 5.10 Å². The molecule has 1 heterocycles. The van der Waals surface area contributed by atoms with Gasteiger partial charge < -0.3 is 10.1 Å². The minimum Gasteiger partial charge on any atom is -0.444 e. The monoisotopic (exact) mass is 316 g/mol. The maximum atomic E-state index is 11.7. The standard InChI is InChI=1S/C17H24N4O2/c1-17(2,3)23-16(22)20-14-7-5-13(6-8-14)11-18-12-15-9-10-19-21(15)4/h5-10,18H,11-12H2,1-4H3,(H,20,22). The van der Waals surface area contributed by atoms with E-state index in [0.29, 0.717) is 0 Å². The third-order valence-corrected chi connectivity index (χ3v) is 3.16. The highest BCUT2D eigenvalue weighted by atomic mass is 16.6. The molecule has 2 rings (SSSR count). The first-order chi connectivity index (χ1) is 10.8. The molecule has 0 atom stereocenters. The Morgan fingerprint density at radius 3 is 2.43 bits per heavy atom. The van der Waals surface area contributed by atoms with Crippen molar-refractivity contribution in [2.45, 2.75) is 39.5 Å². The van der Waals surface area contributed by atoms with Gasteiger partial charge in [-0.05, 0) is 44.5 Å². The summed E-state index contributed by atoms with van der Waals surface area (Å²) >= 11 is 0. The fourth-order valence-electron chi connectivity index (χ4n) is 2.04. The van der Waals surface area contributed by atoms with Gasteiger partial charge >= 0.3 is 6.09 Å². The molecule has 1 aromatic carbocycles. The molecule has 0 bridgehead atoms. The molecule has 0 unspecified atom stereocenters. The number of aryl methyl sites for hydroxylation is 1. The molecule has 0 saturated carbocycles. The number of hydrogen-bond donors (Lipinski definition) is 2. The lowest BCUT2D eigenvalue weighted by Crippen LogP contribution is -2.27. The molecule has 1 amide bonds. The Hall–Kier alpha value is -2.34. The average Bonchev–Trinajstić information content (AvgIpc) is 2.84. The number of ether oxygens (including phenoxy) is 1. The third-order valence-electron chi connectivity index (χ3n) is 3.16. The number of rotatable bonds is 5. The van der Waals surface area contributed by atoms with Crippen molar-refractivity contribution in [3.8, 4) is 0 Å². The molecule has 124 valence electrons. The summed E-state index contributed by atoms with van der Waals surface area (Å²) in [4.78, 5) is 11.7. The average molecular weight is 316 g/mol. The number of amides is 1. The molecule has 0 saturated heterocycles. The maximum Gasteiger partial charge on any atom is 0.412 e. The van der Waals surface area contributed by atoms with Gasteiger partial charge in [-0.1, -0.05) is 12.1 Å². The summed E-state index contributed by atoms with van der Waals surface area (Å²) in [7, 11) is 1.92. The van der Waals surface area contributed by atoms with Gasteiger partial charge in [0, 0.05) is 32.0 Å². The molecule has 2 aromatic rings.